The predicted molar refractivity (Wildman–Crippen MR) is 96.5 cm³/mol. The molecular formula is C18H12ClF3O4S. The molecule has 3 aromatic rings. The van der Waals surface area contributed by atoms with Crippen LogP contribution in [0, 0.1) is 0 Å². The first-order chi connectivity index (χ1) is 12.6. The SMILES string of the molecule is COc1ccc(Cl)cc1-c1c(OS(=O)(=O)C(F)(F)F)ccc2ccccc12. The number of alkyl halides is 3. The maximum absolute atomic E-state index is 12.8. The summed E-state index contributed by atoms with van der Waals surface area (Å²) in [6, 6.07) is 14.0. The molecule has 3 rings (SSSR count). The Labute approximate surface area is 158 Å². The van der Waals surface area contributed by atoms with Gasteiger partial charge in [-0.2, -0.15) is 21.6 Å². The monoisotopic (exact) mass is 416 g/mol. The van der Waals surface area contributed by atoms with E-state index in [1.165, 1.54) is 31.4 Å². The zero-order valence-electron chi connectivity index (χ0n) is 13.7. The topological polar surface area (TPSA) is 52.6 Å². The molecule has 0 fully saturated rings. The molecule has 27 heavy (non-hydrogen) atoms. The highest BCUT2D eigenvalue weighted by molar-refractivity contribution is 7.88. The average molecular weight is 417 g/mol. The van der Waals surface area contributed by atoms with Crippen LogP contribution in [0.5, 0.6) is 11.5 Å². The Balaban J connectivity index is 2.34. The lowest BCUT2D eigenvalue weighted by atomic mass is 9.96. The van der Waals surface area contributed by atoms with Gasteiger partial charge < -0.3 is 8.92 Å². The molecule has 0 atom stereocenters. The van der Waals surface area contributed by atoms with Crippen LogP contribution in [-0.4, -0.2) is 21.0 Å². The maximum Gasteiger partial charge on any atom is 0.534 e. The number of hydrogen-bond acceptors (Lipinski definition) is 4. The second kappa shape index (κ2) is 6.94. The van der Waals surface area contributed by atoms with Gasteiger partial charge >= 0.3 is 15.6 Å². The van der Waals surface area contributed by atoms with Crippen molar-refractivity contribution in [2.24, 2.45) is 0 Å². The molecule has 0 aliphatic rings. The minimum Gasteiger partial charge on any atom is -0.496 e. The Morgan fingerprint density at radius 3 is 2.30 bits per heavy atom. The van der Waals surface area contributed by atoms with E-state index in [0.29, 0.717) is 27.1 Å². The third-order valence-electron chi connectivity index (χ3n) is 3.80. The van der Waals surface area contributed by atoms with Crippen LogP contribution in [-0.2, 0) is 10.1 Å². The summed E-state index contributed by atoms with van der Waals surface area (Å²) in [5.41, 5.74) is -5.14. The normalized spacial score (nSPS) is 12.2. The Morgan fingerprint density at radius 1 is 0.963 bits per heavy atom. The molecule has 3 aromatic carbocycles. The van der Waals surface area contributed by atoms with Crippen LogP contribution in [0.4, 0.5) is 13.2 Å². The molecule has 0 aliphatic heterocycles. The molecule has 0 aromatic heterocycles. The summed E-state index contributed by atoms with van der Waals surface area (Å²) in [6.45, 7) is 0. The van der Waals surface area contributed by atoms with Crippen molar-refractivity contribution in [2.45, 2.75) is 5.51 Å². The van der Waals surface area contributed by atoms with Gasteiger partial charge in [-0.15, -0.1) is 0 Å². The van der Waals surface area contributed by atoms with Crippen molar-refractivity contribution < 1.29 is 30.5 Å². The zero-order chi connectivity index (χ0) is 19.8. The Kier molecular flexibility index (Phi) is 4.96. The van der Waals surface area contributed by atoms with Crippen LogP contribution in [0.1, 0.15) is 0 Å². The van der Waals surface area contributed by atoms with Crippen molar-refractivity contribution in [3.8, 4) is 22.6 Å². The first kappa shape index (κ1) is 19.3. The van der Waals surface area contributed by atoms with E-state index in [-0.39, 0.29) is 5.56 Å². The van der Waals surface area contributed by atoms with E-state index in [1.807, 2.05) is 0 Å². The Bertz CT molecular complexity index is 1110. The van der Waals surface area contributed by atoms with Crippen molar-refractivity contribution in [3.63, 3.8) is 0 Å². The Morgan fingerprint density at radius 2 is 1.63 bits per heavy atom. The van der Waals surface area contributed by atoms with Crippen LogP contribution >= 0.6 is 11.6 Å². The number of benzene rings is 3. The van der Waals surface area contributed by atoms with E-state index in [9.17, 15) is 21.6 Å². The fourth-order valence-electron chi connectivity index (χ4n) is 2.64. The molecular weight excluding hydrogens is 405 g/mol. The highest BCUT2D eigenvalue weighted by Crippen LogP contribution is 2.44. The van der Waals surface area contributed by atoms with Crippen molar-refractivity contribution in [3.05, 3.63) is 59.6 Å². The molecule has 0 saturated carbocycles. The van der Waals surface area contributed by atoms with E-state index in [4.69, 9.17) is 16.3 Å². The summed E-state index contributed by atoms with van der Waals surface area (Å²) in [5.74, 6) is -0.184. The van der Waals surface area contributed by atoms with Crippen molar-refractivity contribution in [1.82, 2.24) is 0 Å². The minimum atomic E-state index is -5.85. The molecule has 0 spiro atoms. The number of halogens is 4. The van der Waals surface area contributed by atoms with Gasteiger partial charge in [0.15, 0.2) is 5.75 Å². The van der Waals surface area contributed by atoms with Gasteiger partial charge in [-0.25, -0.2) is 0 Å². The second-order valence-corrected chi connectivity index (χ2v) is 7.46. The van der Waals surface area contributed by atoms with Gasteiger partial charge in [0.25, 0.3) is 0 Å². The summed E-state index contributed by atoms with van der Waals surface area (Å²) >= 11 is 6.04. The largest absolute Gasteiger partial charge is 0.534 e. The lowest BCUT2D eigenvalue weighted by Crippen LogP contribution is -2.28. The van der Waals surface area contributed by atoms with Crippen molar-refractivity contribution in [2.75, 3.05) is 7.11 Å². The fraction of sp³-hybridized carbons (Fsp3) is 0.111. The zero-order valence-corrected chi connectivity index (χ0v) is 15.3. The molecule has 0 heterocycles. The van der Waals surface area contributed by atoms with Gasteiger partial charge in [0.2, 0.25) is 0 Å². The quantitative estimate of drug-likeness (QED) is 0.422. The van der Waals surface area contributed by atoms with Gasteiger partial charge in [-0.3, -0.25) is 0 Å². The van der Waals surface area contributed by atoms with Gasteiger partial charge in [-0.1, -0.05) is 41.9 Å². The summed E-state index contributed by atoms with van der Waals surface area (Å²) in [4.78, 5) is 0. The van der Waals surface area contributed by atoms with E-state index in [0.717, 1.165) is 0 Å². The van der Waals surface area contributed by atoms with Crippen LogP contribution in [0.3, 0.4) is 0 Å². The van der Waals surface area contributed by atoms with Gasteiger partial charge in [0.05, 0.1) is 7.11 Å². The summed E-state index contributed by atoms with van der Waals surface area (Å²) in [6.07, 6.45) is 0. The Hall–Kier alpha value is -2.45. The van der Waals surface area contributed by atoms with Crippen LogP contribution in [0.2, 0.25) is 5.02 Å². The minimum absolute atomic E-state index is 0.125. The van der Waals surface area contributed by atoms with Gasteiger partial charge in [-0.05, 0) is 35.0 Å². The van der Waals surface area contributed by atoms with Gasteiger partial charge in [0, 0.05) is 16.1 Å². The number of hydrogen-bond donors (Lipinski definition) is 0. The van der Waals surface area contributed by atoms with Crippen molar-refractivity contribution in [1.29, 1.82) is 0 Å². The van der Waals surface area contributed by atoms with E-state index < -0.39 is 21.4 Å². The molecule has 142 valence electrons. The third-order valence-corrected chi connectivity index (χ3v) is 5.01. The summed E-state index contributed by atoms with van der Waals surface area (Å²) < 4.78 is 71.3. The lowest BCUT2D eigenvalue weighted by Gasteiger charge is -2.17. The molecule has 4 nitrogen and oxygen atoms in total. The maximum atomic E-state index is 12.8. The predicted octanol–water partition coefficient (Wildman–Crippen LogP) is 5.40. The highest BCUT2D eigenvalue weighted by atomic mass is 35.5. The fourth-order valence-corrected chi connectivity index (χ4v) is 3.28. The molecule has 0 bridgehead atoms. The van der Waals surface area contributed by atoms with E-state index in [2.05, 4.69) is 4.18 Å². The number of fused-ring (bicyclic) bond motifs is 1. The van der Waals surface area contributed by atoms with Gasteiger partial charge in [0.1, 0.15) is 5.75 Å². The number of ether oxygens (including phenoxy) is 1. The van der Waals surface area contributed by atoms with Crippen LogP contribution < -0.4 is 8.92 Å². The van der Waals surface area contributed by atoms with Crippen LogP contribution in [0.15, 0.2) is 54.6 Å². The number of methoxy groups -OCH3 is 1. The first-order valence-corrected chi connectivity index (χ1v) is 9.29. The highest BCUT2D eigenvalue weighted by Gasteiger charge is 2.49. The molecule has 0 saturated heterocycles. The van der Waals surface area contributed by atoms with Crippen LogP contribution in [0.25, 0.3) is 21.9 Å². The molecule has 0 N–H and O–H groups in total. The second-order valence-electron chi connectivity index (χ2n) is 5.49. The first-order valence-electron chi connectivity index (χ1n) is 7.50. The van der Waals surface area contributed by atoms with E-state index in [1.54, 1.807) is 30.3 Å². The average Bonchev–Trinajstić information content (AvgIpc) is 2.60. The molecule has 0 radical (unpaired) electrons. The lowest BCUT2D eigenvalue weighted by molar-refractivity contribution is -0.0499. The molecule has 0 amide bonds. The molecule has 0 aliphatic carbocycles. The van der Waals surface area contributed by atoms with E-state index >= 15 is 0 Å². The third kappa shape index (κ3) is 3.68. The summed E-state index contributed by atoms with van der Waals surface area (Å²) in [5, 5.41) is 1.45. The standard InChI is InChI=1S/C18H12ClF3O4S/c1-25-15-9-7-12(19)10-14(15)17-13-5-3-2-4-11(13)6-8-16(17)26-27(23,24)18(20,21)22/h2-10H,1H3. The molecule has 9 heteroatoms. The smallest absolute Gasteiger partial charge is 0.496 e. The summed E-state index contributed by atoms with van der Waals surface area (Å²) in [7, 11) is -4.47. The van der Waals surface area contributed by atoms with Crippen molar-refractivity contribution >= 4 is 32.5 Å². The number of rotatable bonds is 4. The molecule has 0 unspecified atom stereocenters.